The number of fused-ring (bicyclic) bond motifs is 1. The minimum Gasteiger partial charge on any atom is -0.401 e. The number of nitrogens with zero attached hydrogens (tertiary/aromatic N) is 2. The van der Waals surface area contributed by atoms with Gasteiger partial charge in [0, 0.05) is 41.6 Å². The summed E-state index contributed by atoms with van der Waals surface area (Å²) in [5.41, 5.74) is 13.9. The van der Waals surface area contributed by atoms with E-state index >= 15 is 0 Å². The average molecular weight is 438 g/mol. The molecule has 164 valence electrons. The van der Waals surface area contributed by atoms with Crippen LogP contribution >= 0.6 is 11.6 Å². The summed E-state index contributed by atoms with van der Waals surface area (Å²) in [4.78, 5) is 2.46. The predicted octanol–water partition coefficient (Wildman–Crippen LogP) is 4.83. The molecule has 0 aliphatic carbocycles. The molecule has 2 aromatic carbocycles. The highest BCUT2D eigenvalue weighted by molar-refractivity contribution is 6.30. The maximum atomic E-state index is 6.42. The van der Waals surface area contributed by atoms with Crippen LogP contribution in [0.25, 0.3) is 11.3 Å². The van der Waals surface area contributed by atoms with E-state index in [9.17, 15) is 0 Å². The molecule has 0 saturated heterocycles. The molecule has 31 heavy (non-hydrogen) atoms. The Kier molecular flexibility index (Phi) is 6.56. The first kappa shape index (κ1) is 21.8. The Bertz CT molecular complexity index is 1010. The van der Waals surface area contributed by atoms with Crippen LogP contribution < -0.4 is 16.9 Å². The normalized spacial score (nSPS) is 21.2. The monoisotopic (exact) mass is 437 g/mol. The Balaban J connectivity index is 1.76. The fraction of sp³-hybridized carbons (Fsp3) is 0.360. The average Bonchev–Trinajstić information content (AvgIpc) is 2.90. The molecule has 2 aromatic rings. The van der Waals surface area contributed by atoms with Crippen molar-refractivity contribution in [1.29, 1.82) is 0 Å². The van der Waals surface area contributed by atoms with Gasteiger partial charge in [0.05, 0.1) is 11.7 Å². The maximum Gasteiger partial charge on any atom is 0.0777 e. The van der Waals surface area contributed by atoms with E-state index in [1.165, 1.54) is 16.7 Å². The molecule has 0 fully saturated rings. The van der Waals surface area contributed by atoms with E-state index in [4.69, 9.17) is 23.2 Å². The predicted molar refractivity (Wildman–Crippen MR) is 131 cm³/mol. The summed E-state index contributed by atoms with van der Waals surface area (Å²) in [5, 5.41) is 6.19. The fourth-order valence-electron chi connectivity index (χ4n) is 4.59. The largest absolute Gasteiger partial charge is 0.401 e. The van der Waals surface area contributed by atoms with Gasteiger partial charge < -0.3 is 16.1 Å². The highest BCUT2D eigenvalue weighted by Gasteiger charge is 2.26. The van der Waals surface area contributed by atoms with Crippen molar-refractivity contribution in [1.82, 2.24) is 9.91 Å². The molecule has 5 nitrogen and oxygen atoms in total. The molecular weight excluding hydrogens is 406 g/mol. The van der Waals surface area contributed by atoms with Gasteiger partial charge in [-0.15, -0.1) is 0 Å². The number of halogens is 1. The molecule has 2 aliphatic heterocycles. The van der Waals surface area contributed by atoms with Crippen molar-refractivity contribution in [3.63, 3.8) is 0 Å². The first-order valence-electron chi connectivity index (χ1n) is 11.0. The number of benzene rings is 2. The molecule has 4 rings (SSSR count). The van der Waals surface area contributed by atoms with E-state index in [0.717, 1.165) is 60.1 Å². The molecule has 1 unspecified atom stereocenters. The first-order valence-corrected chi connectivity index (χ1v) is 11.4. The van der Waals surface area contributed by atoms with Crippen LogP contribution in [0, 0.1) is 0 Å². The highest BCUT2D eigenvalue weighted by atomic mass is 35.5. The molecule has 0 saturated carbocycles. The van der Waals surface area contributed by atoms with Crippen molar-refractivity contribution in [2.24, 2.45) is 11.6 Å². The van der Waals surface area contributed by atoms with Crippen LogP contribution in [0.5, 0.6) is 0 Å². The van der Waals surface area contributed by atoms with Gasteiger partial charge >= 0.3 is 0 Å². The van der Waals surface area contributed by atoms with Crippen LogP contribution in [0.2, 0.25) is 5.02 Å². The van der Waals surface area contributed by atoms with Crippen molar-refractivity contribution in [2.45, 2.75) is 32.7 Å². The SMILES string of the molecule is CCN1CC=C(c2ccc3c(c2)C(Nc2cccc(Cl)c2)CCN(N)/C3=C(/C)N)CC1. The molecule has 2 aliphatic rings. The van der Waals surface area contributed by atoms with Gasteiger partial charge in [0.2, 0.25) is 0 Å². The lowest BCUT2D eigenvalue weighted by atomic mass is 9.90. The Morgan fingerprint density at radius 1 is 1.19 bits per heavy atom. The van der Waals surface area contributed by atoms with E-state index in [2.05, 4.69) is 47.5 Å². The zero-order valence-corrected chi connectivity index (χ0v) is 19.1. The third kappa shape index (κ3) is 4.74. The van der Waals surface area contributed by atoms with Gasteiger partial charge in [-0.25, -0.2) is 5.84 Å². The number of nitrogens with one attached hydrogen (secondary N) is 1. The van der Waals surface area contributed by atoms with Gasteiger partial charge in [-0.2, -0.15) is 0 Å². The van der Waals surface area contributed by atoms with E-state index < -0.39 is 0 Å². The molecule has 0 aromatic heterocycles. The lowest BCUT2D eigenvalue weighted by molar-refractivity contribution is 0.319. The second-order valence-electron chi connectivity index (χ2n) is 8.40. The fourth-order valence-corrected chi connectivity index (χ4v) is 4.78. The quantitative estimate of drug-likeness (QED) is 0.597. The summed E-state index contributed by atoms with van der Waals surface area (Å²) in [6.07, 6.45) is 4.30. The van der Waals surface area contributed by atoms with Gasteiger partial charge in [-0.05, 0) is 67.3 Å². The zero-order chi connectivity index (χ0) is 22.0. The van der Waals surface area contributed by atoms with E-state index in [1.54, 1.807) is 5.01 Å². The minimum atomic E-state index is 0.104. The number of hydrazine groups is 1. The summed E-state index contributed by atoms with van der Waals surface area (Å²) in [5.74, 6) is 6.42. The topological polar surface area (TPSA) is 70.5 Å². The van der Waals surface area contributed by atoms with E-state index in [1.807, 2.05) is 25.1 Å². The van der Waals surface area contributed by atoms with Crippen molar-refractivity contribution in [3.8, 4) is 0 Å². The number of likely N-dealkylation sites (N-methyl/N-ethyl adjacent to an activating group) is 1. The van der Waals surface area contributed by atoms with Crippen molar-refractivity contribution in [2.75, 3.05) is 31.5 Å². The third-order valence-electron chi connectivity index (χ3n) is 6.28. The van der Waals surface area contributed by atoms with Gasteiger partial charge in [-0.3, -0.25) is 4.90 Å². The summed E-state index contributed by atoms with van der Waals surface area (Å²) >= 11 is 6.23. The molecule has 6 heteroatoms. The number of hydrogen-bond donors (Lipinski definition) is 3. The van der Waals surface area contributed by atoms with Crippen molar-refractivity contribution in [3.05, 3.63) is 76.0 Å². The first-order chi connectivity index (χ1) is 15.0. The lowest BCUT2D eigenvalue weighted by Crippen LogP contribution is -2.31. The smallest absolute Gasteiger partial charge is 0.0777 e. The third-order valence-corrected chi connectivity index (χ3v) is 6.51. The summed E-state index contributed by atoms with van der Waals surface area (Å²) in [7, 11) is 0. The van der Waals surface area contributed by atoms with E-state index in [0.29, 0.717) is 6.54 Å². The molecule has 5 N–H and O–H groups in total. The molecule has 1 atom stereocenters. The molecule has 0 amide bonds. The number of nitrogens with two attached hydrogens (primary N) is 2. The second kappa shape index (κ2) is 9.35. The van der Waals surface area contributed by atoms with Gasteiger partial charge in [-0.1, -0.05) is 42.8 Å². The van der Waals surface area contributed by atoms with Gasteiger partial charge in [0.15, 0.2) is 0 Å². The molecule has 0 radical (unpaired) electrons. The Labute approximate surface area is 190 Å². The van der Waals surface area contributed by atoms with Crippen LogP contribution in [0.3, 0.4) is 0 Å². The standard InChI is InChI=1S/C25H32ClN5/c1-3-30-12-9-18(10-13-30)19-7-8-22-23(15-19)24(11-14-31(28)25(22)17(2)27)29-21-6-4-5-20(26)16-21/h4-9,15-16,24,29H,3,10-14,27-28H2,1-2H3/b25-17-. The Hall–Kier alpha value is -2.47. The molecule has 0 bridgehead atoms. The van der Waals surface area contributed by atoms with Crippen LogP contribution in [-0.2, 0) is 0 Å². The zero-order valence-electron chi connectivity index (χ0n) is 18.4. The number of anilines is 1. The second-order valence-corrected chi connectivity index (χ2v) is 8.83. The van der Waals surface area contributed by atoms with Gasteiger partial charge in [0.1, 0.15) is 0 Å². The lowest BCUT2D eigenvalue weighted by Gasteiger charge is -2.26. The van der Waals surface area contributed by atoms with Crippen LogP contribution in [0.4, 0.5) is 5.69 Å². The van der Waals surface area contributed by atoms with Crippen LogP contribution in [0.15, 0.2) is 54.2 Å². The minimum absolute atomic E-state index is 0.104. The number of rotatable bonds is 4. The molecule has 0 spiro atoms. The van der Waals surface area contributed by atoms with Crippen molar-refractivity contribution < 1.29 is 0 Å². The summed E-state index contributed by atoms with van der Waals surface area (Å²) in [6, 6.07) is 14.7. The van der Waals surface area contributed by atoms with E-state index in [-0.39, 0.29) is 6.04 Å². The highest BCUT2D eigenvalue weighted by Crippen LogP contribution is 2.37. The number of allylic oxidation sites excluding steroid dienone is 1. The Morgan fingerprint density at radius 3 is 2.71 bits per heavy atom. The summed E-state index contributed by atoms with van der Waals surface area (Å²) < 4.78 is 0. The van der Waals surface area contributed by atoms with Crippen LogP contribution in [-0.4, -0.2) is 36.1 Å². The van der Waals surface area contributed by atoms with Crippen molar-refractivity contribution >= 4 is 28.6 Å². The van der Waals surface area contributed by atoms with Crippen LogP contribution in [0.1, 0.15) is 49.4 Å². The Morgan fingerprint density at radius 2 is 2.03 bits per heavy atom. The molecular formula is C25H32ClN5. The summed E-state index contributed by atoms with van der Waals surface area (Å²) in [6.45, 7) is 8.05. The number of hydrogen-bond acceptors (Lipinski definition) is 5. The van der Waals surface area contributed by atoms with Gasteiger partial charge in [0.25, 0.3) is 0 Å². The maximum absolute atomic E-state index is 6.42. The molecule has 2 heterocycles.